The molecule has 0 unspecified atom stereocenters. The molecule has 0 N–H and O–H groups in total. The quantitative estimate of drug-likeness (QED) is 0.341. The standard InChI is InChI=1S/C15H13N3O/c1-19-14-9-7-12(8-10-14)11-15(17-18-16)13-5-3-2-4-6-13/h2-11H,1H3/b15-11-. The number of benzene rings is 2. The van der Waals surface area contributed by atoms with E-state index in [0.717, 1.165) is 16.9 Å². The third kappa shape index (κ3) is 3.37. The first-order valence-electron chi connectivity index (χ1n) is 5.80. The molecule has 0 aromatic heterocycles. The Morgan fingerprint density at radius 3 is 2.37 bits per heavy atom. The van der Waals surface area contributed by atoms with Crippen LogP contribution in [0.5, 0.6) is 5.75 Å². The van der Waals surface area contributed by atoms with Gasteiger partial charge < -0.3 is 4.74 Å². The summed E-state index contributed by atoms with van der Waals surface area (Å²) in [6, 6.07) is 17.1. The van der Waals surface area contributed by atoms with Crippen molar-refractivity contribution in [1.29, 1.82) is 0 Å². The normalized spacial score (nSPS) is 10.7. The first-order valence-corrected chi connectivity index (χ1v) is 5.80. The van der Waals surface area contributed by atoms with Crippen molar-refractivity contribution < 1.29 is 4.74 Å². The number of azide groups is 1. The molecule has 0 fully saturated rings. The first kappa shape index (κ1) is 12.7. The van der Waals surface area contributed by atoms with Crippen LogP contribution in [0.15, 0.2) is 59.7 Å². The van der Waals surface area contributed by atoms with Gasteiger partial charge in [0.15, 0.2) is 0 Å². The molecule has 0 aliphatic carbocycles. The Hall–Kier alpha value is -2.71. The van der Waals surface area contributed by atoms with Crippen LogP contribution in [-0.4, -0.2) is 7.11 Å². The van der Waals surface area contributed by atoms with Gasteiger partial charge in [-0.05, 0) is 34.9 Å². The van der Waals surface area contributed by atoms with E-state index in [0.29, 0.717) is 5.70 Å². The first-order chi connectivity index (χ1) is 9.33. The minimum Gasteiger partial charge on any atom is -0.497 e. The maximum Gasteiger partial charge on any atom is 0.118 e. The van der Waals surface area contributed by atoms with Crippen molar-refractivity contribution in [3.8, 4) is 5.75 Å². The van der Waals surface area contributed by atoms with E-state index < -0.39 is 0 Å². The van der Waals surface area contributed by atoms with Gasteiger partial charge in [0.2, 0.25) is 0 Å². The van der Waals surface area contributed by atoms with E-state index >= 15 is 0 Å². The van der Waals surface area contributed by atoms with Crippen molar-refractivity contribution in [2.24, 2.45) is 5.11 Å². The van der Waals surface area contributed by atoms with Crippen LogP contribution >= 0.6 is 0 Å². The van der Waals surface area contributed by atoms with Gasteiger partial charge in [0.1, 0.15) is 5.75 Å². The molecular formula is C15H13N3O. The van der Waals surface area contributed by atoms with Gasteiger partial charge in [-0.25, -0.2) is 0 Å². The van der Waals surface area contributed by atoms with Crippen molar-refractivity contribution in [1.82, 2.24) is 0 Å². The molecule has 94 valence electrons. The summed E-state index contributed by atoms with van der Waals surface area (Å²) in [4.78, 5) is 2.87. The summed E-state index contributed by atoms with van der Waals surface area (Å²) in [6.45, 7) is 0. The molecule has 0 heterocycles. The zero-order valence-electron chi connectivity index (χ0n) is 10.5. The van der Waals surface area contributed by atoms with Crippen LogP contribution in [0, 0.1) is 0 Å². The van der Waals surface area contributed by atoms with Gasteiger partial charge in [0.25, 0.3) is 0 Å². The predicted octanol–water partition coefficient (Wildman–Crippen LogP) is 4.50. The van der Waals surface area contributed by atoms with Crippen LogP contribution in [0.25, 0.3) is 22.2 Å². The molecule has 4 nitrogen and oxygen atoms in total. The zero-order valence-corrected chi connectivity index (χ0v) is 10.5. The summed E-state index contributed by atoms with van der Waals surface area (Å²) >= 11 is 0. The van der Waals surface area contributed by atoms with Crippen molar-refractivity contribution in [2.45, 2.75) is 0 Å². The Morgan fingerprint density at radius 2 is 1.79 bits per heavy atom. The average molecular weight is 251 g/mol. The number of rotatable bonds is 4. The molecule has 0 saturated heterocycles. The number of methoxy groups -OCH3 is 1. The maximum atomic E-state index is 8.66. The lowest BCUT2D eigenvalue weighted by atomic mass is 10.1. The minimum absolute atomic E-state index is 0.591. The molecule has 4 heteroatoms. The second-order valence-electron chi connectivity index (χ2n) is 3.86. The highest BCUT2D eigenvalue weighted by molar-refractivity contribution is 5.80. The van der Waals surface area contributed by atoms with Gasteiger partial charge in [-0.1, -0.05) is 47.6 Å². The molecule has 0 saturated carbocycles. The van der Waals surface area contributed by atoms with Gasteiger partial charge in [-0.2, -0.15) is 0 Å². The number of nitrogens with zero attached hydrogens (tertiary/aromatic N) is 3. The summed E-state index contributed by atoms with van der Waals surface area (Å²) in [5, 5.41) is 3.74. The molecule has 19 heavy (non-hydrogen) atoms. The minimum atomic E-state index is 0.591. The van der Waals surface area contributed by atoms with E-state index in [2.05, 4.69) is 10.0 Å². The van der Waals surface area contributed by atoms with Crippen LogP contribution in [0.3, 0.4) is 0 Å². The lowest BCUT2D eigenvalue weighted by Crippen LogP contribution is -1.83. The lowest BCUT2D eigenvalue weighted by Gasteiger charge is -2.02. The van der Waals surface area contributed by atoms with Crippen LogP contribution in [0.1, 0.15) is 11.1 Å². The van der Waals surface area contributed by atoms with E-state index in [-0.39, 0.29) is 0 Å². The highest BCUT2D eigenvalue weighted by Gasteiger charge is 1.99. The molecule has 0 radical (unpaired) electrons. The Morgan fingerprint density at radius 1 is 1.11 bits per heavy atom. The van der Waals surface area contributed by atoms with Crippen LogP contribution in [0.2, 0.25) is 0 Å². The summed E-state index contributed by atoms with van der Waals surface area (Å²) in [5.74, 6) is 0.794. The van der Waals surface area contributed by atoms with Gasteiger partial charge in [0.05, 0.1) is 7.11 Å². The van der Waals surface area contributed by atoms with Gasteiger partial charge in [-0.3, -0.25) is 0 Å². The van der Waals surface area contributed by atoms with Gasteiger partial charge in [-0.15, -0.1) is 0 Å². The zero-order chi connectivity index (χ0) is 13.5. The molecule has 2 rings (SSSR count). The van der Waals surface area contributed by atoms with E-state index in [4.69, 9.17) is 10.3 Å². The summed E-state index contributed by atoms with van der Waals surface area (Å²) < 4.78 is 5.10. The van der Waals surface area contributed by atoms with Crippen LogP contribution < -0.4 is 4.74 Å². The topological polar surface area (TPSA) is 58.0 Å². The van der Waals surface area contributed by atoms with E-state index in [1.165, 1.54) is 0 Å². The third-order valence-corrected chi connectivity index (χ3v) is 2.64. The van der Waals surface area contributed by atoms with Crippen molar-refractivity contribution >= 4 is 11.8 Å². The number of hydrogen-bond acceptors (Lipinski definition) is 2. The molecular weight excluding hydrogens is 238 g/mol. The van der Waals surface area contributed by atoms with Crippen LogP contribution in [0.4, 0.5) is 0 Å². The van der Waals surface area contributed by atoms with Crippen molar-refractivity contribution in [2.75, 3.05) is 7.11 Å². The fourth-order valence-corrected chi connectivity index (χ4v) is 1.69. The molecule has 0 aliphatic rings. The van der Waals surface area contributed by atoms with Crippen molar-refractivity contribution in [3.05, 3.63) is 76.2 Å². The number of hydrogen-bond donors (Lipinski definition) is 0. The monoisotopic (exact) mass is 251 g/mol. The molecule has 0 atom stereocenters. The third-order valence-electron chi connectivity index (χ3n) is 2.64. The summed E-state index contributed by atoms with van der Waals surface area (Å²) in [5.41, 5.74) is 11.1. The Labute approximate surface area is 111 Å². The van der Waals surface area contributed by atoms with E-state index in [1.807, 2.05) is 60.7 Å². The van der Waals surface area contributed by atoms with Crippen LogP contribution in [-0.2, 0) is 0 Å². The highest BCUT2D eigenvalue weighted by atomic mass is 16.5. The molecule has 0 aliphatic heterocycles. The SMILES string of the molecule is COc1ccc(/C=C(\N=[N+]=[N-])c2ccccc2)cc1. The molecule has 2 aromatic rings. The Bertz CT molecular complexity index is 612. The highest BCUT2D eigenvalue weighted by Crippen LogP contribution is 2.21. The molecule has 0 spiro atoms. The number of ether oxygens (including phenoxy) is 1. The second-order valence-corrected chi connectivity index (χ2v) is 3.86. The van der Waals surface area contributed by atoms with Crippen molar-refractivity contribution in [3.63, 3.8) is 0 Å². The Balaban J connectivity index is 2.38. The van der Waals surface area contributed by atoms with Gasteiger partial charge >= 0.3 is 0 Å². The largest absolute Gasteiger partial charge is 0.497 e. The average Bonchev–Trinajstić information content (AvgIpc) is 2.48. The molecule has 2 aromatic carbocycles. The smallest absolute Gasteiger partial charge is 0.118 e. The van der Waals surface area contributed by atoms with E-state index in [1.54, 1.807) is 7.11 Å². The predicted molar refractivity (Wildman–Crippen MR) is 76.5 cm³/mol. The summed E-state index contributed by atoms with van der Waals surface area (Å²) in [6.07, 6.45) is 1.84. The second kappa shape index (κ2) is 6.28. The maximum absolute atomic E-state index is 8.66. The lowest BCUT2D eigenvalue weighted by molar-refractivity contribution is 0.415. The van der Waals surface area contributed by atoms with E-state index in [9.17, 15) is 0 Å². The Kier molecular flexibility index (Phi) is 4.21. The molecule has 0 bridgehead atoms. The fourth-order valence-electron chi connectivity index (χ4n) is 1.69. The molecule has 0 amide bonds. The fraction of sp³-hybridized carbons (Fsp3) is 0.0667. The summed E-state index contributed by atoms with van der Waals surface area (Å²) in [7, 11) is 1.63. The van der Waals surface area contributed by atoms with Gasteiger partial charge in [0, 0.05) is 10.6 Å².